The van der Waals surface area contributed by atoms with Gasteiger partial charge in [0.25, 0.3) is 0 Å². The highest BCUT2D eigenvalue weighted by Crippen LogP contribution is 2.27. The molecular formula is C16H32N2O. The first-order chi connectivity index (χ1) is 9.11. The molecule has 0 saturated heterocycles. The van der Waals surface area contributed by atoms with E-state index >= 15 is 0 Å². The standard InChI is InChI=1S/C16H32N2O/c1-4-6-14-8-10-15(11-9-14)18-16(19)7-5-12-17-13(2)3/h13-15,17H,4-12H2,1-3H3,(H,18,19). The molecular weight excluding hydrogens is 236 g/mol. The van der Waals surface area contributed by atoms with Crippen molar-refractivity contribution in [1.29, 1.82) is 0 Å². The molecule has 2 N–H and O–H groups in total. The van der Waals surface area contributed by atoms with Gasteiger partial charge in [-0.15, -0.1) is 0 Å². The van der Waals surface area contributed by atoms with Gasteiger partial charge in [-0.1, -0.05) is 33.6 Å². The number of hydrogen-bond donors (Lipinski definition) is 2. The van der Waals surface area contributed by atoms with E-state index in [4.69, 9.17) is 0 Å². The molecule has 1 saturated carbocycles. The molecule has 1 rings (SSSR count). The smallest absolute Gasteiger partial charge is 0.220 e. The van der Waals surface area contributed by atoms with E-state index in [-0.39, 0.29) is 5.91 Å². The Morgan fingerprint density at radius 3 is 2.47 bits per heavy atom. The van der Waals surface area contributed by atoms with E-state index < -0.39 is 0 Å². The Kier molecular flexibility index (Phi) is 8.11. The molecule has 0 aliphatic heterocycles. The van der Waals surface area contributed by atoms with Crippen LogP contribution in [0.1, 0.15) is 72.1 Å². The summed E-state index contributed by atoms with van der Waals surface area (Å²) in [5.41, 5.74) is 0. The van der Waals surface area contributed by atoms with E-state index in [0.717, 1.165) is 18.9 Å². The average molecular weight is 268 g/mol. The second-order valence-electron chi connectivity index (χ2n) is 6.29. The van der Waals surface area contributed by atoms with E-state index in [9.17, 15) is 4.79 Å². The van der Waals surface area contributed by atoms with Crippen LogP contribution in [0.15, 0.2) is 0 Å². The molecule has 0 bridgehead atoms. The lowest BCUT2D eigenvalue weighted by molar-refractivity contribution is -0.122. The van der Waals surface area contributed by atoms with Crippen molar-refractivity contribution in [2.45, 2.75) is 84.2 Å². The van der Waals surface area contributed by atoms with Gasteiger partial charge < -0.3 is 10.6 Å². The van der Waals surface area contributed by atoms with Gasteiger partial charge in [0.05, 0.1) is 0 Å². The van der Waals surface area contributed by atoms with Gasteiger partial charge in [0.2, 0.25) is 5.91 Å². The highest BCUT2D eigenvalue weighted by atomic mass is 16.1. The third-order valence-corrected chi connectivity index (χ3v) is 4.04. The van der Waals surface area contributed by atoms with Crippen molar-refractivity contribution in [3.8, 4) is 0 Å². The summed E-state index contributed by atoms with van der Waals surface area (Å²) in [6.45, 7) is 7.47. The summed E-state index contributed by atoms with van der Waals surface area (Å²) in [4.78, 5) is 11.8. The minimum Gasteiger partial charge on any atom is -0.353 e. The van der Waals surface area contributed by atoms with Crippen LogP contribution in [0.2, 0.25) is 0 Å². The molecule has 0 atom stereocenters. The van der Waals surface area contributed by atoms with Gasteiger partial charge in [-0.05, 0) is 44.6 Å². The Morgan fingerprint density at radius 1 is 1.21 bits per heavy atom. The molecule has 0 heterocycles. The zero-order chi connectivity index (χ0) is 14.1. The number of hydrogen-bond acceptors (Lipinski definition) is 2. The average Bonchev–Trinajstić information content (AvgIpc) is 2.37. The van der Waals surface area contributed by atoms with Gasteiger partial charge in [-0.25, -0.2) is 0 Å². The zero-order valence-corrected chi connectivity index (χ0v) is 13.0. The molecule has 3 heteroatoms. The normalized spacial score (nSPS) is 23.6. The summed E-state index contributed by atoms with van der Waals surface area (Å²) < 4.78 is 0. The van der Waals surface area contributed by atoms with Crippen LogP contribution in [0, 0.1) is 5.92 Å². The van der Waals surface area contributed by atoms with Crippen LogP contribution in [0.4, 0.5) is 0 Å². The molecule has 3 nitrogen and oxygen atoms in total. The second-order valence-corrected chi connectivity index (χ2v) is 6.29. The summed E-state index contributed by atoms with van der Waals surface area (Å²) in [5, 5.41) is 6.55. The van der Waals surface area contributed by atoms with Crippen LogP contribution in [-0.4, -0.2) is 24.5 Å². The lowest BCUT2D eigenvalue weighted by Gasteiger charge is -2.29. The molecule has 0 spiro atoms. The van der Waals surface area contributed by atoms with Crippen molar-refractivity contribution in [1.82, 2.24) is 10.6 Å². The van der Waals surface area contributed by atoms with Crippen LogP contribution in [0.3, 0.4) is 0 Å². The number of carbonyl (C=O) groups excluding carboxylic acids is 1. The highest BCUT2D eigenvalue weighted by Gasteiger charge is 2.21. The van der Waals surface area contributed by atoms with E-state index in [2.05, 4.69) is 31.4 Å². The summed E-state index contributed by atoms with van der Waals surface area (Å²) in [6, 6.07) is 0.954. The fraction of sp³-hybridized carbons (Fsp3) is 0.938. The first kappa shape index (κ1) is 16.5. The predicted octanol–water partition coefficient (Wildman–Crippen LogP) is 3.24. The minimum atomic E-state index is 0.240. The Hall–Kier alpha value is -0.570. The number of nitrogens with one attached hydrogen (secondary N) is 2. The van der Waals surface area contributed by atoms with Gasteiger partial charge in [-0.3, -0.25) is 4.79 Å². The van der Waals surface area contributed by atoms with Crippen LogP contribution >= 0.6 is 0 Å². The Labute approximate surface area is 118 Å². The van der Waals surface area contributed by atoms with Crippen LogP contribution in [-0.2, 0) is 4.79 Å². The van der Waals surface area contributed by atoms with E-state index in [1.807, 2.05) is 0 Å². The first-order valence-corrected chi connectivity index (χ1v) is 8.14. The summed E-state index contributed by atoms with van der Waals surface area (Å²) in [6.07, 6.45) is 9.22. The minimum absolute atomic E-state index is 0.240. The molecule has 0 radical (unpaired) electrons. The van der Waals surface area contributed by atoms with Crippen molar-refractivity contribution in [3.05, 3.63) is 0 Å². The molecule has 112 valence electrons. The maximum absolute atomic E-state index is 11.8. The number of rotatable bonds is 8. The van der Waals surface area contributed by atoms with Gasteiger partial charge in [0, 0.05) is 18.5 Å². The van der Waals surface area contributed by atoms with Crippen molar-refractivity contribution < 1.29 is 4.79 Å². The topological polar surface area (TPSA) is 41.1 Å². The fourth-order valence-electron chi connectivity index (χ4n) is 2.94. The predicted molar refractivity (Wildman–Crippen MR) is 81.2 cm³/mol. The van der Waals surface area contributed by atoms with Crippen LogP contribution < -0.4 is 10.6 Å². The van der Waals surface area contributed by atoms with Crippen molar-refractivity contribution in [2.24, 2.45) is 5.92 Å². The van der Waals surface area contributed by atoms with Crippen molar-refractivity contribution in [3.63, 3.8) is 0 Å². The van der Waals surface area contributed by atoms with Gasteiger partial charge in [0.15, 0.2) is 0 Å². The highest BCUT2D eigenvalue weighted by molar-refractivity contribution is 5.76. The monoisotopic (exact) mass is 268 g/mol. The Balaban J connectivity index is 2.06. The van der Waals surface area contributed by atoms with E-state index in [1.165, 1.54) is 38.5 Å². The zero-order valence-electron chi connectivity index (χ0n) is 13.0. The fourth-order valence-corrected chi connectivity index (χ4v) is 2.94. The Bertz CT molecular complexity index is 245. The Morgan fingerprint density at radius 2 is 1.89 bits per heavy atom. The third kappa shape index (κ3) is 7.56. The summed E-state index contributed by atoms with van der Waals surface area (Å²) >= 11 is 0. The van der Waals surface area contributed by atoms with Crippen molar-refractivity contribution >= 4 is 5.91 Å². The van der Waals surface area contributed by atoms with E-state index in [0.29, 0.717) is 18.5 Å². The van der Waals surface area contributed by atoms with Crippen LogP contribution in [0.5, 0.6) is 0 Å². The lowest BCUT2D eigenvalue weighted by atomic mass is 9.83. The molecule has 0 unspecified atom stereocenters. The second kappa shape index (κ2) is 9.35. The van der Waals surface area contributed by atoms with Crippen molar-refractivity contribution in [2.75, 3.05) is 6.54 Å². The molecule has 0 aromatic carbocycles. The first-order valence-electron chi connectivity index (χ1n) is 8.14. The van der Waals surface area contributed by atoms with E-state index in [1.54, 1.807) is 0 Å². The molecule has 1 aliphatic carbocycles. The quantitative estimate of drug-likeness (QED) is 0.664. The summed E-state index contributed by atoms with van der Waals surface area (Å²) in [5.74, 6) is 1.15. The molecule has 0 aromatic rings. The van der Waals surface area contributed by atoms with Crippen LogP contribution in [0.25, 0.3) is 0 Å². The van der Waals surface area contributed by atoms with Gasteiger partial charge in [0.1, 0.15) is 0 Å². The van der Waals surface area contributed by atoms with Gasteiger partial charge in [-0.2, -0.15) is 0 Å². The third-order valence-electron chi connectivity index (χ3n) is 4.04. The number of amides is 1. The molecule has 19 heavy (non-hydrogen) atoms. The maximum atomic E-state index is 11.8. The molecule has 0 aromatic heterocycles. The maximum Gasteiger partial charge on any atom is 0.220 e. The molecule has 1 fully saturated rings. The SMILES string of the molecule is CCCC1CCC(NC(=O)CCCNC(C)C)CC1. The lowest BCUT2D eigenvalue weighted by Crippen LogP contribution is -2.38. The molecule has 1 amide bonds. The number of carbonyl (C=O) groups is 1. The molecule has 1 aliphatic rings. The summed E-state index contributed by atoms with van der Waals surface area (Å²) in [7, 11) is 0. The largest absolute Gasteiger partial charge is 0.353 e. The van der Waals surface area contributed by atoms with Gasteiger partial charge >= 0.3 is 0 Å².